The van der Waals surface area contributed by atoms with Crippen LogP contribution < -0.4 is 14.5 Å². The number of nitriles is 1. The fourth-order valence-electron chi connectivity index (χ4n) is 2.80. The van der Waals surface area contributed by atoms with Crippen LogP contribution >= 0.6 is 0 Å². The van der Waals surface area contributed by atoms with Gasteiger partial charge in [-0.1, -0.05) is 12.1 Å². The van der Waals surface area contributed by atoms with Gasteiger partial charge in [-0.15, -0.1) is 0 Å². The highest BCUT2D eigenvalue weighted by atomic mass is 16.5. The molecule has 0 amide bonds. The second-order valence-corrected chi connectivity index (χ2v) is 5.36. The van der Waals surface area contributed by atoms with Crippen LogP contribution in [0.15, 0.2) is 36.5 Å². The Hall–Kier alpha value is -2.81. The first-order valence-corrected chi connectivity index (χ1v) is 7.68. The minimum atomic E-state index is 0.575. The van der Waals surface area contributed by atoms with Crippen LogP contribution in [0.25, 0.3) is 0 Å². The Bertz CT molecular complexity index is 712. The summed E-state index contributed by atoms with van der Waals surface area (Å²) in [6.45, 7) is 3.45. The minimum absolute atomic E-state index is 0.575. The van der Waals surface area contributed by atoms with Crippen molar-refractivity contribution in [2.75, 3.05) is 43.1 Å². The van der Waals surface area contributed by atoms with Gasteiger partial charge in [-0.05, 0) is 18.6 Å². The number of methoxy groups -OCH3 is 1. The second-order valence-electron chi connectivity index (χ2n) is 5.36. The molecule has 0 aliphatic carbocycles. The normalized spacial score (nSPS) is 15.0. The molecule has 2 aromatic rings. The van der Waals surface area contributed by atoms with Crippen LogP contribution in [0.1, 0.15) is 12.0 Å². The van der Waals surface area contributed by atoms with Crippen molar-refractivity contribution in [3.63, 3.8) is 0 Å². The number of anilines is 2. The molecule has 1 aromatic heterocycles. The van der Waals surface area contributed by atoms with E-state index >= 15 is 0 Å². The van der Waals surface area contributed by atoms with Gasteiger partial charge in [0.15, 0.2) is 0 Å². The lowest BCUT2D eigenvalue weighted by Crippen LogP contribution is -2.32. The maximum absolute atomic E-state index is 9.29. The third-order valence-corrected chi connectivity index (χ3v) is 3.97. The molecule has 1 saturated heterocycles. The van der Waals surface area contributed by atoms with Gasteiger partial charge in [0.25, 0.3) is 0 Å². The minimum Gasteiger partial charge on any atom is -0.481 e. The van der Waals surface area contributed by atoms with Gasteiger partial charge in [-0.25, -0.2) is 4.98 Å². The summed E-state index contributed by atoms with van der Waals surface area (Å²) in [5.74, 6) is 1.27. The second kappa shape index (κ2) is 6.97. The average molecular weight is 309 g/mol. The number of rotatable bonds is 3. The quantitative estimate of drug-likeness (QED) is 0.865. The topological polar surface area (TPSA) is 65.3 Å². The standard InChI is InChI=1S/C17H19N5O/c1-23-16-7-8-19-17(20-16)22-10-4-9-21(11-12-22)15-6-3-2-5-14(15)13-18/h2-3,5-8H,4,9-12H2,1H3. The van der Waals surface area contributed by atoms with Crippen LogP contribution in [0.5, 0.6) is 5.88 Å². The number of ether oxygens (including phenoxy) is 1. The molecule has 6 heteroatoms. The van der Waals surface area contributed by atoms with Crippen molar-refractivity contribution in [2.24, 2.45) is 0 Å². The summed E-state index contributed by atoms with van der Waals surface area (Å²) in [6, 6.07) is 11.8. The van der Waals surface area contributed by atoms with Gasteiger partial charge < -0.3 is 14.5 Å². The summed E-state index contributed by atoms with van der Waals surface area (Å²) >= 11 is 0. The van der Waals surface area contributed by atoms with Crippen molar-refractivity contribution in [3.05, 3.63) is 42.1 Å². The average Bonchev–Trinajstić information content (AvgIpc) is 2.88. The summed E-state index contributed by atoms with van der Waals surface area (Å²) in [5, 5.41) is 9.29. The van der Waals surface area contributed by atoms with Crippen LogP contribution in [0, 0.1) is 11.3 Å². The smallest absolute Gasteiger partial charge is 0.228 e. The fourth-order valence-corrected chi connectivity index (χ4v) is 2.80. The van der Waals surface area contributed by atoms with E-state index in [1.165, 1.54) is 0 Å². The summed E-state index contributed by atoms with van der Waals surface area (Å²) in [5.41, 5.74) is 1.72. The maximum Gasteiger partial charge on any atom is 0.228 e. The zero-order chi connectivity index (χ0) is 16.1. The molecule has 2 heterocycles. The lowest BCUT2D eigenvalue weighted by Gasteiger charge is -2.24. The van der Waals surface area contributed by atoms with Crippen molar-refractivity contribution in [3.8, 4) is 11.9 Å². The molecule has 0 saturated carbocycles. The molecule has 0 N–H and O–H groups in total. The van der Waals surface area contributed by atoms with E-state index in [2.05, 4.69) is 25.8 Å². The maximum atomic E-state index is 9.29. The highest BCUT2D eigenvalue weighted by molar-refractivity contribution is 5.59. The van der Waals surface area contributed by atoms with Crippen LogP contribution in [0.3, 0.4) is 0 Å². The summed E-state index contributed by atoms with van der Waals surface area (Å²) in [7, 11) is 1.61. The highest BCUT2D eigenvalue weighted by Gasteiger charge is 2.19. The van der Waals surface area contributed by atoms with E-state index in [1.807, 2.05) is 24.3 Å². The molecule has 0 atom stereocenters. The van der Waals surface area contributed by atoms with E-state index in [-0.39, 0.29) is 0 Å². The van der Waals surface area contributed by atoms with Crippen LogP contribution in [0.4, 0.5) is 11.6 Å². The van der Waals surface area contributed by atoms with E-state index < -0.39 is 0 Å². The molecule has 1 fully saturated rings. The molecule has 118 valence electrons. The molecule has 0 spiro atoms. The van der Waals surface area contributed by atoms with Crippen LogP contribution in [-0.2, 0) is 0 Å². The van der Waals surface area contributed by atoms with Gasteiger partial charge in [0.1, 0.15) is 6.07 Å². The van der Waals surface area contributed by atoms with Crippen molar-refractivity contribution in [2.45, 2.75) is 6.42 Å². The van der Waals surface area contributed by atoms with Crippen molar-refractivity contribution < 1.29 is 4.74 Å². The number of para-hydroxylation sites is 1. The monoisotopic (exact) mass is 309 g/mol. The third kappa shape index (κ3) is 3.34. The van der Waals surface area contributed by atoms with Gasteiger partial charge in [0.2, 0.25) is 11.8 Å². The summed E-state index contributed by atoms with van der Waals surface area (Å²) in [4.78, 5) is 13.2. The molecule has 1 aliphatic rings. The molecular weight excluding hydrogens is 290 g/mol. The largest absolute Gasteiger partial charge is 0.481 e. The van der Waals surface area contributed by atoms with Gasteiger partial charge >= 0.3 is 0 Å². The SMILES string of the molecule is COc1ccnc(N2CCCN(c3ccccc3C#N)CC2)n1. The third-order valence-electron chi connectivity index (χ3n) is 3.97. The zero-order valence-corrected chi connectivity index (χ0v) is 13.1. The van der Waals surface area contributed by atoms with Crippen molar-refractivity contribution in [1.82, 2.24) is 9.97 Å². The zero-order valence-electron chi connectivity index (χ0n) is 13.1. The Morgan fingerprint density at radius 3 is 2.70 bits per heavy atom. The van der Waals surface area contributed by atoms with E-state index in [9.17, 15) is 5.26 Å². The fraction of sp³-hybridized carbons (Fsp3) is 0.353. The molecule has 3 rings (SSSR count). The lowest BCUT2D eigenvalue weighted by molar-refractivity contribution is 0.396. The molecule has 0 radical (unpaired) electrons. The van der Waals surface area contributed by atoms with Crippen molar-refractivity contribution >= 4 is 11.6 Å². The first kappa shape index (κ1) is 15.1. The summed E-state index contributed by atoms with van der Waals surface area (Å²) < 4.78 is 5.17. The Balaban J connectivity index is 1.76. The number of aromatic nitrogens is 2. The molecule has 1 aliphatic heterocycles. The Labute approximate surface area is 136 Å². The first-order valence-electron chi connectivity index (χ1n) is 7.68. The predicted octanol–water partition coefficient (Wildman–Crippen LogP) is 2.07. The van der Waals surface area contributed by atoms with Gasteiger partial charge in [-0.3, -0.25) is 0 Å². The van der Waals surface area contributed by atoms with Crippen molar-refractivity contribution in [1.29, 1.82) is 5.26 Å². The van der Waals surface area contributed by atoms with E-state index in [4.69, 9.17) is 4.74 Å². The van der Waals surface area contributed by atoms with E-state index in [0.717, 1.165) is 43.9 Å². The highest BCUT2D eigenvalue weighted by Crippen LogP contribution is 2.22. The number of hydrogen-bond acceptors (Lipinski definition) is 6. The first-order chi connectivity index (χ1) is 11.3. The Morgan fingerprint density at radius 1 is 1.09 bits per heavy atom. The van der Waals surface area contributed by atoms with E-state index in [1.54, 1.807) is 19.4 Å². The Morgan fingerprint density at radius 2 is 1.87 bits per heavy atom. The van der Waals surface area contributed by atoms with Gasteiger partial charge in [0, 0.05) is 38.4 Å². The number of nitrogens with zero attached hydrogens (tertiary/aromatic N) is 5. The molecule has 6 nitrogen and oxygen atoms in total. The number of benzene rings is 1. The molecule has 23 heavy (non-hydrogen) atoms. The lowest BCUT2D eigenvalue weighted by atomic mass is 10.1. The van der Waals surface area contributed by atoms with Gasteiger partial charge in [-0.2, -0.15) is 10.2 Å². The molecule has 0 bridgehead atoms. The Kier molecular flexibility index (Phi) is 4.57. The van der Waals surface area contributed by atoms with Gasteiger partial charge in [0.05, 0.1) is 18.4 Å². The van der Waals surface area contributed by atoms with Crippen LogP contribution in [0.2, 0.25) is 0 Å². The van der Waals surface area contributed by atoms with E-state index in [0.29, 0.717) is 11.8 Å². The van der Waals surface area contributed by atoms with Crippen LogP contribution in [-0.4, -0.2) is 43.3 Å². The summed E-state index contributed by atoms with van der Waals surface area (Å²) in [6.07, 6.45) is 2.70. The predicted molar refractivity (Wildman–Crippen MR) is 88.8 cm³/mol. The molecule has 1 aromatic carbocycles. The number of hydrogen-bond donors (Lipinski definition) is 0. The molecular formula is C17H19N5O. The molecule has 0 unspecified atom stereocenters.